The number of hydrogen-bond acceptors (Lipinski definition) is 3. The first-order valence-electron chi connectivity index (χ1n) is 6.42. The van der Waals surface area contributed by atoms with E-state index in [2.05, 4.69) is 26.9 Å². The van der Waals surface area contributed by atoms with E-state index in [4.69, 9.17) is 0 Å². The Balaban J connectivity index is 1.81. The van der Waals surface area contributed by atoms with Crippen LogP contribution < -0.4 is 0 Å². The van der Waals surface area contributed by atoms with Crippen molar-refractivity contribution in [3.8, 4) is 0 Å². The number of benzene rings is 1. The zero-order valence-corrected chi connectivity index (χ0v) is 10.3. The largest absolute Gasteiger partial charge is 0.396 e. The summed E-state index contributed by atoms with van der Waals surface area (Å²) in [6.45, 7) is 1.18. The van der Waals surface area contributed by atoms with Crippen LogP contribution in [0, 0.1) is 5.92 Å². The lowest BCUT2D eigenvalue weighted by Crippen LogP contribution is -2.23. The molecule has 1 unspecified atom stereocenters. The number of aliphatic hydroxyl groups excluding tert-OH is 1. The van der Waals surface area contributed by atoms with E-state index in [1.165, 1.54) is 5.56 Å². The second-order valence-electron chi connectivity index (χ2n) is 4.89. The van der Waals surface area contributed by atoms with Crippen LogP contribution in [0.2, 0.25) is 0 Å². The van der Waals surface area contributed by atoms with Crippen LogP contribution in [0.1, 0.15) is 23.6 Å². The highest BCUT2D eigenvalue weighted by Gasteiger charge is 2.22. The van der Waals surface area contributed by atoms with E-state index in [9.17, 15) is 5.11 Å². The van der Waals surface area contributed by atoms with E-state index in [1.807, 2.05) is 18.2 Å². The Morgan fingerprint density at radius 3 is 2.83 bits per heavy atom. The summed E-state index contributed by atoms with van der Waals surface area (Å²) >= 11 is 0. The quantitative estimate of drug-likeness (QED) is 0.887. The molecule has 1 aliphatic heterocycles. The number of fused-ring (bicyclic) bond motifs is 1. The molecule has 18 heavy (non-hydrogen) atoms. The first-order chi connectivity index (χ1) is 8.86. The van der Waals surface area contributed by atoms with Gasteiger partial charge in [0.15, 0.2) is 0 Å². The van der Waals surface area contributed by atoms with Crippen molar-refractivity contribution in [1.82, 2.24) is 14.8 Å². The molecular formula is C14H17N3O. The summed E-state index contributed by atoms with van der Waals surface area (Å²) in [6, 6.07) is 10.3. The van der Waals surface area contributed by atoms with E-state index >= 15 is 0 Å². The van der Waals surface area contributed by atoms with Crippen molar-refractivity contribution in [3.05, 3.63) is 47.5 Å². The van der Waals surface area contributed by atoms with Gasteiger partial charge in [0.05, 0.1) is 0 Å². The Labute approximate surface area is 106 Å². The van der Waals surface area contributed by atoms with Crippen molar-refractivity contribution < 1.29 is 5.11 Å². The van der Waals surface area contributed by atoms with E-state index in [-0.39, 0.29) is 6.61 Å². The van der Waals surface area contributed by atoms with E-state index in [0.717, 1.165) is 37.5 Å². The molecule has 0 saturated carbocycles. The number of nitrogens with zero attached hydrogens (tertiary/aromatic N) is 3. The maximum absolute atomic E-state index is 9.20. The molecule has 4 heteroatoms. The summed E-state index contributed by atoms with van der Waals surface area (Å²) in [5.74, 6) is 2.41. The number of rotatable bonds is 3. The van der Waals surface area contributed by atoms with Gasteiger partial charge in [0.1, 0.15) is 11.6 Å². The molecule has 0 bridgehead atoms. The summed E-state index contributed by atoms with van der Waals surface area (Å²) in [6.07, 6.45) is 2.69. The van der Waals surface area contributed by atoms with Crippen molar-refractivity contribution in [3.63, 3.8) is 0 Å². The maximum Gasteiger partial charge on any atom is 0.137 e. The molecule has 0 amide bonds. The van der Waals surface area contributed by atoms with E-state index < -0.39 is 0 Å². The summed E-state index contributed by atoms with van der Waals surface area (Å²) < 4.78 is 2.21. The van der Waals surface area contributed by atoms with Gasteiger partial charge < -0.3 is 9.67 Å². The predicted octanol–water partition coefficient (Wildman–Crippen LogP) is 1.42. The Kier molecular flexibility index (Phi) is 3.11. The molecule has 0 spiro atoms. The van der Waals surface area contributed by atoms with Crippen molar-refractivity contribution in [2.75, 3.05) is 6.61 Å². The van der Waals surface area contributed by atoms with Crippen LogP contribution in [0.15, 0.2) is 30.3 Å². The minimum Gasteiger partial charge on any atom is -0.396 e. The van der Waals surface area contributed by atoms with Gasteiger partial charge in [0.2, 0.25) is 0 Å². The predicted molar refractivity (Wildman–Crippen MR) is 68.2 cm³/mol. The van der Waals surface area contributed by atoms with Crippen LogP contribution in [-0.2, 0) is 19.4 Å². The summed E-state index contributed by atoms with van der Waals surface area (Å²) in [7, 11) is 0. The van der Waals surface area contributed by atoms with Gasteiger partial charge in [-0.3, -0.25) is 0 Å². The molecule has 0 fully saturated rings. The maximum atomic E-state index is 9.20. The molecule has 0 radical (unpaired) electrons. The summed E-state index contributed by atoms with van der Waals surface area (Å²) in [4.78, 5) is 0. The first kappa shape index (κ1) is 11.4. The number of hydrogen-bond donors (Lipinski definition) is 1. The zero-order chi connectivity index (χ0) is 12.4. The van der Waals surface area contributed by atoms with E-state index in [1.54, 1.807) is 0 Å². The number of aromatic nitrogens is 3. The van der Waals surface area contributed by atoms with Gasteiger partial charge in [-0.2, -0.15) is 0 Å². The lowest BCUT2D eigenvalue weighted by atomic mass is 9.99. The Hall–Kier alpha value is -1.68. The minimum atomic E-state index is 0.251. The Morgan fingerprint density at radius 2 is 2.06 bits per heavy atom. The molecule has 1 N–H and O–H groups in total. The lowest BCUT2D eigenvalue weighted by molar-refractivity contribution is 0.198. The minimum absolute atomic E-state index is 0.251. The average molecular weight is 243 g/mol. The highest BCUT2D eigenvalue weighted by Crippen LogP contribution is 2.20. The molecule has 4 nitrogen and oxygen atoms in total. The topological polar surface area (TPSA) is 50.9 Å². The summed E-state index contributed by atoms with van der Waals surface area (Å²) in [5, 5.41) is 17.7. The average Bonchev–Trinajstić information content (AvgIpc) is 2.82. The second-order valence-corrected chi connectivity index (χ2v) is 4.89. The molecule has 1 aromatic carbocycles. The van der Waals surface area contributed by atoms with Crippen molar-refractivity contribution in [2.24, 2.45) is 5.92 Å². The van der Waals surface area contributed by atoms with Crippen LogP contribution in [0.4, 0.5) is 0 Å². The van der Waals surface area contributed by atoms with Gasteiger partial charge in [-0.15, -0.1) is 10.2 Å². The third kappa shape index (κ3) is 2.16. The van der Waals surface area contributed by atoms with Gasteiger partial charge in [0, 0.05) is 26.0 Å². The van der Waals surface area contributed by atoms with Crippen molar-refractivity contribution in [1.29, 1.82) is 0 Å². The molecule has 2 aromatic rings. The molecule has 94 valence electrons. The summed E-state index contributed by atoms with van der Waals surface area (Å²) in [5.41, 5.74) is 1.26. The monoisotopic (exact) mass is 243 g/mol. The Bertz CT molecular complexity index is 521. The number of aliphatic hydroxyl groups is 1. The van der Waals surface area contributed by atoms with Crippen molar-refractivity contribution in [2.45, 2.75) is 25.8 Å². The van der Waals surface area contributed by atoms with Crippen LogP contribution in [-0.4, -0.2) is 26.5 Å². The van der Waals surface area contributed by atoms with Crippen LogP contribution in [0.5, 0.6) is 0 Å². The fraction of sp³-hybridized carbons (Fsp3) is 0.429. The third-order valence-electron chi connectivity index (χ3n) is 3.60. The van der Waals surface area contributed by atoms with Gasteiger partial charge in [0.25, 0.3) is 0 Å². The first-order valence-corrected chi connectivity index (χ1v) is 6.42. The lowest BCUT2D eigenvalue weighted by Gasteiger charge is -2.21. The fourth-order valence-electron chi connectivity index (χ4n) is 2.52. The molecule has 1 aromatic heterocycles. The highest BCUT2D eigenvalue weighted by molar-refractivity contribution is 5.19. The molecule has 1 aliphatic rings. The molecule has 2 heterocycles. The van der Waals surface area contributed by atoms with E-state index in [0.29, 0.717) is 5.92 Å². The van der Waals surface area contributed by atoms with Crippen LogP contribution in [0.3, 0.4) is 0 Å². The molecule has 1 atom stereocenters. The SMILES string of the molecule is OCC1CCn2c(Cc3ccccc3)nnc2C1. The van der Waals surface area contributed by atoms with Crippen molar-refractivity contribution >= 4 is 0 Å². The normalized spacial score (nSPS) is 18.6. The molecule has 0 saturated heterocycles. The third-order valence-corrected chi connectivity index (χ3v) is 3.60. The van der Waals surface area contributed by atoms with Gasteiger partial charge >= 0.3 is 0 Å². The van der Waals surface area contributed by atoms with Crippen LogP contribution >= 0.6 is 0 Å². The second kappa shape index (κ2) is 4.90. The zero-order valence-electron chi connectivity index (χ0n) is 10.3. The smallest absolute Gasteiger partial charge is 0.137 e. The Morgan fingerprint density at radius 1 is 1.22 bits per heavy atom. The fourth-order valence-corrected chi connectivity index (χ4v) is 2.52. The van der Waals surface area contributed by atoms with Gasteiger partial charge in [-0.05, 0) is 17.9 Å². The van der Waals surface area contributed by atoms with Crippen LogP contribution in [0.25, 0.3) is 0 Å². The standard InChI is InChI=1S/C14H17N3O/c18-10-12-6-7-17-13(15-16-14(17)9-12)8-11-4-2-1-3-5-11/h1-5,12,18H,6-10H2. The highest BCUT2D eigenvalue weighted by atomic mass is 16.3. The van der Waals surface area contributed by atoms with Gasteiger partial charge in [-0.25, -0.2) is 0 Å². The van der Waals surface area contributed by atoms with Gasteiger partial charge in [-0.1, -0.05) is 30.3 Å². The molecule has 0 aliphatic carbocycles. The molecular weight excluding hydrogens is 226 g/mol. The molecule has 3 rings (SSSR count).